The maximum Gasteiger partial charge on any atom is 0.164 e. The van der Waals surface area contributed by atoms with Crippen LogP contribution in [0.15, 0.2) is 200 Å². The molecule has 3 nitrogen and oxygen atoms in total. The third kappa shape index (κ3) is 5.78. The summed E-state index contributed by atoms with van der Waals surface area (Å²) >= 11 is 0. The molecule has 0 radical (unpaired) electrons. The SMILES string of the molecule is [2H]c1c([2H])c([2H])c(-c2c([2H])c([2H])c(-c3nc(-c4ccc(-c5ccccc5)cc4)nc(-c4cccc(-c5ccc6c7ccccc7c7ccccc7c6c5)c4)n3)c([2H])c2[2H])c([2H])c1[2H]. The molecule has 0 unspecified atom stereocenters. The molecule has 252 valence electrons. The Kier molecular flexibility index (Phi) is 5.79. The maximum atomic E-state index is 9.20. The van der Waals surface area contributed by atoms with Crippen molar-refractivity contribution in [1.82, 2.24) is 15.0 Å². The Morgan fingerprint density at radius 3 is 1.35 bits per heavy atom. The topological polar surface area (TPSA) is 38.7 Å². The molecule has 0 bridgehead atoms. The second kappa shape index (κ2) is 13.4. The molecular formula is C51H33N3. The number of fused-ring (bicyclic) bond motifs is 6. The normalized spacial score (nSPS) is 13.7. The molecule has 0 aliphatic carbocycles. The van der Waals surface area contributed by atoms with E-state index < -0.39 is 65.5 Å². The van der Waals surface area contributed by atoms with Gasteiger partial charge in [0.2, 0.25) is 0 Å². The molecule has 0 saturated heterocycles. The minimum atomic E-state index is -0.648. The van der Waals surface area contributed by atoms with E-state index in [0.717, 1.165) is 38.4 Å². The van der Waals surface area contributed by atoms with Gasteiger partial charge in [-0.25, -0.2) is 15.0 Å². The van der Waals surface area contributed by atoms with Crippen molar-refractivity contribution in [2.75, 3.05) is 0 Å². The molecule has 0 amide bonds. The van der Waals surface area contributed by atoms with E-state index in [2.05, 4.69) is 66.7 Å². The van der Waals surface area contributed by atoms with Gasteiger partial charge in [-0.15, -0.1) is 0 Å². The van der Waals surface area contributed by atoms with E-state index in [0.29, 0.717) is 11.1 Å². The molecule has 1 aromatic heterocycles. The quantitative estimate of drug-likeness (QED) is 0.162. The van der Waals surface area contributed by atoms with E-state index >= 15 is 0 Å². The summed E-state index contributed by atoms with van der Waals surface area (Å²) in [5.74, 6) is 0.338. The lowest BCUT2D eigenvalue weighted by molar-refractivity contribution is 1.07. The van der Waals surface area contributed by atoms with Gasteiger partial charge >= 0.3 is 0 Å². The molecule has 0 atom stereocenters. The smallest absolute Gasteiger partial charge is 0.164 e. The molecule has 3 heteroatoms. The molecule has 10 rings (SSSR count). The molecule has 54 heavy (non-hydrogen) atoms. The van der Waals surface area contributed by atoms with Crippen LogP contribution in [0.3, 0.4) is 0 Å². The zero-order valence-corrected chi connectivity index (χ0v) is 28.7. The highest BCUT2D eigenvalue weighted by Gasteiger charge is 2.15. The third-order valence-electron chi connectivity index (χ3n) is 9.68. The van der Waals surface area contributed by atoms with Crippen LogP contribution in [0.25, 0.3) is 99.9 Å². The van der Waals surface area contributed by atoms with Crippen molar-refractivity contribution in [3.8, 4) is 67.5 Å². The van der Waals surface area contributed by atoms with Crippen LogP contribution >= 0.6 is 0 Å². The Morgan fingerprint density at radius 2 is 0.685 bits per heavy atom. The monoisotopic (exact) mass is 696 g/mol. The lowest BCUT2D eigenvalue weighted by Gasteiger charge is -2.13. The van der Waals surface area contributed by atoms with Gasteiger partial charge in [0.25, 0.3) is 0 Å². The van der Waals surface area contributed by atoms with Crippen molar-refractivity contribution in [1.29, 1.82) is 0 Å². The van der Waals surface area contributed by atoms with Gasteiger partial charge in [-0.3, -0.25) is 0 Å². The first-order valence-electron chi connectivity index (χ1n) is 22.0. The van der Waals surface area contributed by atoms with Crippen molar-refractivity contribution >= 4 is 32.3 Å². The minimum Gasteiger partial charge on any atom is -0.208 e. The number of aromatic nitrogens is 3. The van der Waals surface area contributed by atoms with Crippen LogP contribution < -0.4 is 0 Å². The third-order valence-corrected chi connectivity index (χ3v) is 9.68. The molecule has 0 spiro atoms. The Hall–Kier alpha value is -7.23. The highest BCUT2D eigenvalue weighted by Crippen LogP contribution is 2.38. The van der Waals surface area contributed by atoms with Gasteiger partial charge in [0.1, 0.15) is 0 Å². The molecule has 9 aromatic carbocycles. The van der Waals surface area contributed by atoms with E-state index in [1.54, 1.807) is 0 Å². The van der Waals surface area contributed by atoms with E-state index in [-0.39, 0.29) is 23.0 Å². The lowest BCUT2D eigenvalue weighted by Crippen LogP contribution is -2.00. The van der Waals surface area contributed by atoms with Crippen molar-refractivity contribution < 1.29 is 12.3 Å². The van der Waals surface area contributed by atoms with E-state index in [4.69, 9.17) is 24.5 Å². The number of hydrogen-bond acceptors (Lipinski definition) is 3. The van der Waals surface area contributed by atoms with Crippen molar-refractivity contribution in [2.24, 2.45) is 0 Å². The van der Waals surface area contributed by atoms with Gasteiger partial charge in [-0.2, -0.15) is 0 Å². The van der Waals surface area contributed by atoms with Crippen molar-refractivity contribution in [2.45, 2.75) is 0 Å². The van der Waals surface area contributed by atoms with Crippen LogP contribution in [0.4, 0.5) is 0 Å². The second-order valence-electron chi connectivity index (χ2n) is 12.9. The molecule has 0 aliphatic rings. The number of nitrogens with zero attached hydrogens (tertiary/aromatic N) is 3. The van der Waals surface area contributed by atoms with Crippen LogP contribution in [-0.4, -0.2) is 15.0 Å². The standard InChI is InChI=1S/C51H33N3/c1-3-12-34(13-4-1)36-22-26-38(27-23-36)49-52-50(39-28-24-37(25-29-39)35-14-5-2-6-15-35)54-51(53-49)42-17-11-16-40(32-42)41-30-31-47-45-20-8-7-18-43(45)44-19-9-10-21-46(44)48(47)33-41/h1-33H/i1D,3D,4D,12D,13D,22D,23D,26D,27D. The Balaban J connectivity index is 1.15. The minimum absolute atomic E-state index is 0.124. The van der Waals surface area contributed by atoms with Gasteiger partial charge in [0.15, 0.2) is 17.5 Å². The second-order valence-corrected chi connectivity index (χ2v) is 12.9. The summed E-state index contributed by atoms with van der Waals surface area (Å²) in [5.41, 5.74) is 4.04. The maximum absolute atomic E-state index is 9.20. The average molecular weight is 697 g/mol. The molecule has 10 aromatic rings. The van der Waals surface area contributed by atoms with Gasteiger partial charge < -0.3 is 0 Å². The van der Waals surface area contributed by atoms with Crippen LogP contribution in [0.5, 0.6) is 0 Å². The highest BCUT2D eigenvalue weighted by atomic mass is 15.0. The number of rotatable bonds is 6. The summed E-state index contributed by atoms with van der Waals surface area (Å²) in [6, 6.07) is 43.1. The molecule has 0 saturated carbocycles. The fraction of sp³-hybridized carbons (Fsp3) is 0. The first kappa shape index (κ1) is 23.4. The Labute approximate surface area is 326 Å². The van der Waals surface area contributed by atoms with E-state index in [9.17, 15) is 2.74 Å². The van der Waals surface area contributed by atoms with Gasteiger partial charge in [0, 0.05) is 16.7 Å². The summed E-state index contributed by atoms with van der Waals surface area (Å²) in [5, 5.41) is 6.94. The zero-order valence-electron chi connectivity index (χ0n) is 37.7. The number of benzene rings is 9. The summed E-state index contributed by atoms with van der Waals surface area (Å²) in [6.45, 7) is 0. The average Bonchev–Trinajstić information content (AvgIpc) is 3.33. The summed E-state index contributed by atoms with van der Waals surface area (Å²) < 4.78 is 78.0. The molecule has 0 fully saturated rings. The van der Waals surface area contributed by atoms with Gasteiger partial charge in [0.05, 0.1) is 12.3 Å². The fourth-order valence-corrected chi connectivity index (χ4v) is 7.04. The molecule has 0 aliphatic heterocycles. The van der Waals surface area contributed by atoms with Gasteiger partial charge in [-0.1, -0.05) is 188 Å². The molecule has 0 N–H and O–H groups in total. The lowest BCUT2D eigenvalue weighted by atomic mass is 9.92. The van der Waals surface area contributed by atoms with Crippen LogP contribution in [0.1, 0.15) is 12.3 Å². The molecular weight excluding hydrogens is 655 g/mol. The predicted octanol–water partition coefficient (Wildman–Crippen LogP) is 13.3. The van der Waals surface area contributed by atoms with Crippen LogP contribution in [0.2, 0.25) is 0 Å². The van der Waals surface area contributed by atoms with E-state index in [1.165, 1.54) is 16.2 Å². The van der Waals surface area contributed by atoms with Crippen molar-refractivity contribution in [3.05, 3.63) is 200 Å². The highest BCUT2D eigenvalue weighted by molar-refractivity contribution is 6.25. The Bertz CT molecular complexity index is 3410. The first-order chi connectivity index (χ1) is 30.5. The first-order valence-corrected chi connectivity index (χ1v) is 17.5. The summed E-state index contributed by atoms with van der Waals surface area (Å²) in [7, 11) is 0. The van der Waals surface area contributed by atoms with Crippen molar-refractivity contribution in [3.63, 3.8) is 0 Å². The molecule has 1 heterocycles. The van der Waals surface area contributed by atoms with Crippen LogP contribution in [0, 0.1) is 0 Å². The summed E-state index contributed by atoms with van der Waals surface area (Å²) in [6.07, 6.45) is 0. The van der Waals surface area contributed by atoms with E-state index in [1.807, 2.05) is 78.9 Å². The largest absolute Gasteiger partial charge is 0.208 e. The van der Waals surface area contributed by atoms with Crippen LogP contribution in [-0.2, 0) is 0 Å². The number of hydrogen-bond donors (Lipinski definition) is 0. The summed E-state index contributed by atoms with van der Waals surface area (Å²) in [4.78, 5) is 14.5. The zero-order chi connectivity index (χ0) is 43.7. The predicted molar refractivity (Wildman–Crippen MR) is 225 cm³/mol. The fourth-order valence-electron chi connectivity index (χ4n) is 7.04. The Morgan fingerprint density at radius 1 is 0.259 bits per heavy atom. The van der Waals surface area contributed by atoms with Gasteiger partial charge in [-0.05, 0) is 77.8 Å².